The Kier molecular flexibility index (Phi) is 8.67. The molecule has 1 fully saturated rings. The summed E-state index contributed by atoms with van der Waals surface area (Å²) >= 11 is 0. The first kappa shape index (κ1) is 26.1. The summed E-state index contributed by atoms with van der Waals surface area (Å²) in [6.07, 6.45) is 5.44. The average Bonchev–Trinajstić information content (AvgIpc) is 3.73. The number of nitrogens with zero attached hydrogens (tertiary/aromatic N) is 2. The summed E-state index contributed by atoms with van der Waals surface area (Å²) in [7, 11) is 0. The standard InChI is InChI=1S/C30H33N3O4/c1-3-37-29(35)15-24-14-26(18-31-16-24)28-12-9-23(17-32-21(2)34)13-27(28)20-33(30(36)25-10-11-25)19-22-7-5-4-6-8-22/h4-9,12-14,16,18,25H,3,10-11,15,17,19-20H2,1-2H3,(H,32,34). The third-order valence-electron chi connectivity index (χ3n) is 6.29. The highest BCUT2D eigenvalue weighted by molar-refractivity contribution is 5.81. The Labute approximate surface area is 217 Å². The maximum Gasteiger partial charge on any atom is 0.310 e. The van der Waals surface area contributed by atoms with Crippen molar-refractivity contribution in [2.24, 2.45) is 5.92 Å². The molecule has 4 rings (SSSR count). The number of hydrogen-bond acceptors (Lipinski definition) is 5. The first-order chi connectivity index (χ1) is 17.9. The molecule has 7 heteroatoms. The average molecular weight is 500 g/mol. The zero-order chi connectivity index (χ0) is 26.2. The molecule has 0 bridgehead atoms. The quantitative estimate of drug-likeness (QED) is 0.395. The van der Waals surface area contributed by atoms with Gasteiger partial charge in [0, 0.05) is 50.4 Å². The van der Waals surface area contributed by atoms with E-state index in [1.54, 1.807) is 19.3 Å². The second-order valence-electron chi connectivity index (χ2n) is 9.42. The fourth-order valence-corrected chi connectivity index (χ4v) is 4.32. The number of nitrogens with one attached hydrogen (secondary N) is 1. The zero-order valence-corrected chi connectivity index (χ0v) is 21.4. The van der Waals surface area contributed by atoms with Crippen molar-refractivity contribution in [2.75, 3.05) is 6.61 Å². The molecule has 0 aliphatic heterocycles. The fraction of sp³-hybridized carbons (Fsp3) is 0.333. The number of rotatable bonds is 11. The minimum atomic E-state index is -0.295. The molecule has 2 amide bonds. The van der Waals surface area contributed by atoms with Gasteiger partial charge in [-0.1, -0.05) is 48.5 Å². The molecule has 2 aromatic carbocycles. The van der Waals surface area contributed by atoms with Crippen LogP contribution in [0.3, 0.4) is 0 Å². The van der Waals surface area contributed by atoms with Gasteiger partial charge in [-0.3, -0.25) is 19.4 Å². The lowest BCUT2D eigenvalue weighted by Gasteiger charge is -2.25. The van der Waals surface area contributed by atoms with E-state index in [0.717, 1.165) is 46.2 Å². The zero-order valence-electron chi connectivity index (χ0n) is 21.4. The lowest BCUT2D eigenvalue weighted by atomic mass is 9.96. The summed E-state index contributed by atoms with van der Waals surface area (Å²) < 4.78 is 5.10. The molecule has 1 aliphatic carbocycles. The van der Waals surface area contributed by atoms with E-state index >= 15 is 0 Å². The van der Waals surface area contributed by atoms with E-state index in [9.17, 15) is 14.4 Å². The smallest absolute Gasteiger partial charge is 0.310 e. The summed E-state index contributed by atoms with van der Waals surface area (Å²) in [5, 5.41) is 2.85. The van der Waals surface area contributed by atoms with Gasteiger partial charge in [-0.05, 0) is 53.6 Å². The van der Waals surface area contributed by atoms with Gasteiger partial charge in [0.1, 0.15) is 0 Å². The van der Waals surface area contributed by atoms with Crippen LogP contribution in [0, 0.1) is 5.92 Å². The highest BCUT2D eigenvalue weighted by atomic mass is 16.5. The van der Waals surface area contributed by atoms with Crippen LogP contribution >= 0.6 is 0 Å². The van der Waals surface area contributed by atoms with Crippen LogP contribution in [0.2, 0.25) is 0 Å². The van der Waals surface area contributed by atoms with Gasteiger partial charge < -0.3 is 15.0 Å². The van der Waals surface area contributed by atoms with Crippen molar-refractivity contribution in [3.63, 3.8) is 0 Å². The Morgan fingerprint density at radius 1 is 0.973 bits per heavy atom. The molecule has 1 saturated carbocycles. The number of amides is 2. The van der Waals surface area contributed by atoms with E-state index in [0.29, 0.717) is 26.2 Å². The minimum absolute atomic E-state index is 0.0873. The van der Waals surface area contributed by atoms with E-state index < -0.39 is 0 Å². The van der Waals surface area contributed by atoms with Gasteiger partial charge in [0.05, 0.1) is 13.0 Å². The van der Waals surface area contributed by atoms with Crippen molar-refractivity contribution < 1.29 is 19.1 Å². The van der Waals surface area contributed by atoms with Gasteiger partial charge in [0.15, 0.2) is 0 Å². The van der Waals surface area contributed by atoms with E-state index in [4.69, 9.17) is 4.74 Å². The molecule has 0 unspecified atom stereocenters. The molecule has 0 saturated heterocycles. The number of carbonyl (C=O) groups is 3. The van der Waals surface area contributed by atoms with Gasteiger partial charge in [-0.2, -0.15) is 0 Å². The SMILES string of the molecule is CCOC(=O)Cc1cncc(-c2ccc(CNC(C)=O)cc2CN(Cc2ccccc2)C(=O)C2CC2)c1. The van der Waals surface area contributed by atoms with Crippen LogP contribution in [0.4, 0.5) is 0 Å². The molecular weight excluding hydrogens is 466 g/mol. The fourth-order valence-electron chi connectivity index (χ4n) is 4.32. The maximum atomic E-state index is 13.3. The molecule has 1 heterocycles. The summed E-state index contributed by atoms with van der Waals surface area (Å²) in [4.78, 5) is 43.1. The van der Waals surface area contributed by atoms with E-state index in [-0.39, 0.29) is 30.1 Å². The number of esters is 1. The molecular formula is C30H33N3O4. The molecule has 192 valence electrons. The van der Waals surface area contributed by atoms with Crippen molar-refractivity contribution in [1.29, 1.82) is 0 Å². The molecule has 0 atom stereocenters. The predicted molar refractivity (Wildman–Crippen MR) is 141 cm³/mol. The van der Waals surface area contributed by atoms with E-state index in [2.05, 4.69) is 10.3 Å². The number of ether oxygens (including phenoxy) is 1. The number of benzene rings is 2. The number of hydrogen-bond donors (Lipinski definition) is 1. The highest BCUT2D eigenvalue weighted by Crippen LogP contribution is 2.33. The summed E-state index contributed by atoms with van der Waals surface area (Å²) in [5.41, 5.74) is 5.55. The third-order valence-corrected chi connectivity index (χ3v) is 6.29. The second-order valence-corrected chi connectivity index (χ2v) is 9.42. The molecule has 3 aromatic rings. The summed E-state index contributed by atoms with van der Waals surface area (Å²) in [6.45, 7) is 4.96. The van der Waals surface area contributed by atoms with Crippen molar-refractivity contribution in [1.82, 2.24) is 15.2 Å². The second kappa shape index (κ2) is 12.3. The van der Waals surface area contributed by atoms with Crippen LogP contribution in [-0.2, 0) is 45.2 Å². The van der Waals surface area contributed by atoms with Gasteiger partial charge in [-0.15, -0.1) is 0 Å². The van der Waals surface area contributed by atoms with Crippen LogP contribution in [0.5, 0.6) is 0 Å². The summed E-state index contributed by atoms with van der Waals surface area (Å²) in [6, 6.07) is 18.0. The number of aromatic nitrogens is 1. The van der Waals surface area contributed by atoms with Gasteiger partial charge >= 0.3 is 5.97 Å². The van der Waals surface area contributed by atoms with E-state index in [1.165, 1.54) is 6.92 Å². The Morgan fingerprint density at radius 2 is 1.76 bits per heavy atom. The largest absolute Gasteiger partial charge is 0.466 e. The topological polar surface area (TPSA) is 88.6 Å². The lowest BCUT2D eigenvalue weighted by Crippen LogP contribution is -2.31. The molecule has 1 aromatic heterocycles. The Bertz CT molecular complexity index is 1250. The Balaban J connectivity index is 1.68. The minimum Gasteiger partial charge on any atom is -0.466 e. The van der Waals surface area contributed by atoms with Crippen LogP contribution in [-0.4, -0.2) is 34.3 Å². The van der Waals surface area contributed by atoms with Crippen LogP contribution < -0.4 is 5.32 Å². The molecule has 0 spiro atoms. The third kappa shape index (κ3) is 7.49. The molecule has 37 heavy (non-hydrogen) atoms. The first-order valence-electron chi connectivity index (χ1n) is 12.7. The van der Waals surface area contributed by atoms with Gasteiger partial charge in [0.25, 0.3) is 0 Å². The molecule has 1 N–H and O–H groups in total. The Hall–Kier alpha value is -4.00. The van der Waals surface area contributed by atoms with Crippen LogP contribution in [0.1, 0.15) is 48.9 Å². The van der Waals surface area contributed by atoms with Crippen molar-refractivity contribution in [2.45, 2.75) is 52.7 Å². The lowest BCUT2D eigenvalue weighted by molar-refractivity contribution is -0.142. The predicted octanol–water partition coefficient (Wildman–Crippen LogP) is 4.43. The van der Waals surface area contributed by atoms with Crippen molar-refractivity contribution in [3.05, 3.63) is 89.2 Å². The monoisotopic (exact) mass is 499 g/mol. The van der Waals surface area contributed by atoms with E-state index in [1.807, 2.05) is 59.5 Å². The van der Waals surface area contributed by atoms with Gasteiger partial charge in [-0.25, -0.2) is 0 Å². The molecule has 7 nitrogen and oxygen atoms in total. The normalized spacial score (nSPS) is 12.6. The summed E-state index contributed by atoms with van der Waals surface area (Å²) in [5.74, 6) is -0.145. The van der Waals surface area contributed by atoms with Crippen molar-refractivity contribution >= 4 is 17.8 Å². The highest BCUT2D eigenvalue weighted by Gasteiger charge is 2.33. The Morgan fingerprint density at radius 3 is 2.46 bits per heavy atom. The van der Waals surface area contributed by atoms with Crippen molar-refractivity contribution in [3.8, 4) is 11.1 Å². The van der Waals surface area contributed by atoms with Crippen LogP contribution in [0.15, 0.2) is 67.0 Å². The molecule has 0 radical (unpaired) electrons. The van der Waals surface area contributed by atoms with Crippen LogP contribution in [0.25, 0.3) is 11.1 Å². The van der Waals surface area contributed by atoms with Gasteiger partial charge in [0.2, 0.25) is 11.8 Å². The maximum absolute atomic E-state index is 13.3. The first-order valence-corrected chi connectivity index (χ1v) is 12.7. The molecule has 1 aliphatic rings. The number of carbonyl (C=O) groups excluding carboxylic acids is 3. The number of pyridine rings is 1.